The van der Waals surface area contributed by atoms with Crippen LogP contribution in [0.2, 0.25) is 0 Å². The van der Waals surface area contributed by atoms with Crippen LogP contribution in [0.25, 0.3) is 10.4 Å². The van der Waals surface area contributed by atoms with E-state index in [1.807, 2.05) is 19.2 Å². The SMILES string of the molecule is CCCCCCc1sc(-c2ccc(C)nc2)c2c1OCCO2. The van der Waals surface area contributed by atoms with Crippen molar-refractivity contribution in [2.45, 2.75) is 46.0 Å². The molecule has 0 unspecified atom stereocenters. The van der Waals surface area contributed by atoms with E-state index < -0.39 is 0 Å². The number of rotatable bonds is 6. The molecule has 118 valence electrons. The second-order valence-electron chi connectivity index (χ2n) is 5.71. The Morgan fingerprint density at radius 1 is 1.09 bits per heavy atom. The molecule has 0 fully saturated rings. The van der Waals surface area contributed by atoms with Crippen LogP contribution in [0, 0.1) is 6.92 Å². The van der Waals surface area contributed by atoms with E-state index in [-0.39, 0.29) is 0 Å². The molecule has 1 aliphatic rings. The molecular formula is C18H23NO2S. The van der Waals surface area contributed by atoms with Gasteiger partial charge in [0.15, 0.2) is 11.5 Å². The second-order valence-corrected chi connectivity index (χ2v) is 6.81. The van der Waals surface area contributed by atoms with Crippen LogP contribution in [0.3, 0.4) is 0 Å². The number of unbranched alkanes of at least 4 members (excludes halogenated alkanes) is 3. The summed E-state index contributed by atoms with van der Waals surface area (Å²) in [5.74, 6) is 1.90. The van der Waals surface area contributed by atoms with Gasteiger partial charge in [0, 0.05) is 17.5 Å². The molecule has 0 aliphatic carbocycles. The fourth-order valence-electron chi connectivity index (χ4n) is 2.68. The third kappa shape index (κ3) is 3.27. The van der Waals surface area contributed by atoms with Gasteiger partial charge in [0.1, 0.15) is 13.2 Å². The Labute approximate surface area is 136 Å². The highest BCUT2D eigenvalue weighted by Crippen LogP contribution is 2.49. The molecule has 0 saturated heterocycles. The molecule has 22 heavy (non-hydrogen) atoms. The van der Waals surface area contributed by atoms with E-state index in [1.54, 1.807) is 11.3 Å². The van der Waals surface area contributed by atoms with E-state index in [1.165, 1.54) is 30.6 Å². The zero-order valence-electron chi connectivity index (χ0n) is 13.4. The van der Waals surface area contributed by atoms with Gasteiger partial charge in [0.25, 0.3) is 0 Å². The number of fused-ring (bicyclic) bond motifs is 1. The number of hydrogen-bond acceptors (Lipinski definition) is 4. The van der Waals surface area contributed by atoms with Crippen molar-refractivity contribution >= 4 is 11.3 Å². The highest BCUT2D eigenvalue weighted by molar-refractivity contribution is 7.16. The van der Waals surface area contributed by atoms with Crippen molar-refractivity contribution in [2.24, 2.45) is 0 Å². The summed E-state index contributed by atoms with van der Waals surface area (Å²) in [7, 11) is 0. The third-order valence-corrected chi connectivity index (χ3v) is 5.16. The third-order valence-electron chi connectivity index (χ3n) is 3.90. The van der Waals surface area contributed by atoms with Gasteiger partial charge in [-0.2, -0.15) is 0 Å². The lowest BCUT2D eigenvalue weighted by Gasteiger charge is -2.17. The predicted molar refractivity (Wildman–Crippen MR) is 91.1 cm³/mol. The Bertz CT molecular complexity index is 619. The zero-order valence-corrected chi connectivity index (χ0v) is 14.2. The van der Waals surface area contributed by atoms with E-state index >= 15 is 0 Å². The van der Waals surface area contributed by atoms with Crippen molar-refractivity contribution in [3.63, 3.8) is 0 Å². The van der Waals surface area contributed by atoms with Gasteiger partial charge in [-0.25, -0.2) is 0 Å². The number of thiophene rings is 1. The first kappa shape index (κ1) is 15.3. The number of aryl methyl sites for hydroxylation is 2. The van der Waals surface area contributed by atoms with E-state index in [2.05, 4.69) is 18.0 Å². The molecule has 0 spiro atoms. The highest BCUT2D eigenvalue weighted by Gasteiger charge is 2.25. The molecule has 3 heterocycles. The quantitative estimate of drug-likeness (QED) is 0.702. The van der Waals surface area contributed by atoms with Crippen molar-refractivity contribution in [2.75, 3.05) is 13.2 Å². The molecule has 0 aromatic carbocycles. The summed E-state index contributed by atoms with van der Waals surface area (Å²) >= 11 is 1.80. The molecule has 0 bridgehead atoms. The predicted octanol–water partition coefficient (Wildman–Crippen LogP) is 5.01. The second kappa shape index (κ2) is 7.14. The lowest BCUT2D eigenvalue weighted by molar-refractivity contribution is 0.172. The van der Waals surface area contributed by atoms with Gasteiger partial charge in [0.05, 0.1) is 9.75 Å². The molecule has 1 aliphatic heterocycles. The molecule has 4 heteroatoms. The molecule has 0 radical (unpaired) electrons. The summed E-state index contributed by atoms with van der Waals surface area (Å²) in [6, 6.07) is 4.17. The molecule has 2 aromatic rings. The summed E-state index contributed by atoms with van der Waals surface area (Å²) in [4.78, 5) is 6.89. The summed E-state index contributed by atoms with van der Waals surface area (Å²) in [6.07, 6.45) is 8.08. The van der Waals surface area contributed by atoms with E-state index in [0.717, 1.165) is 34.1 Å². The minimum atomic E-state index is 0.630. The largest absolute Gasteiger partial charge is 0.485 e. The lowest BCUT2D eigenvalue weighted by Crippen LogP contribution is -2.15. The van der Waals surface area contributed by atoms with E-state index in [9.17, 15) is 0 Å². The normalized spacial score (nSPS) is 13.4. The summed E-state index contributed by atoms with van der Waals surface area (Å²) in [6.45, 7) is 5.53. The Morgan fingerprint density at radius 3 is 2.64 bits per heavy atom. The van der Waals surface area contributed by atoms with Crippen LogP contribution in [0.4, 0.5) is 0 Å². The molecule has 3 nitrogen and oxygen atoms in total. The Kier molecular flexibility index (Phi) is 4.98. The monoisotopic (exact) mass is 317 g/mol. The fourth-order valence-corrected chi connectivity index (χ4v) is 3.90. The standard InChI is InChI=1S/C18H23NO2S/c1-3-4-5-6-7-15-16-17(21-11-10-20-16)18(22-15)14-9-8-13(2)19-12-14/h8-9,12H,3-7,10-11H2,1-2H3. The summed E-state index contributed by atoms with van der Waals surface area (Å²) in [5.41, 5.74) is 2.16. The molecule has 0 N–H and O–H groups in total. The van der Waals surface area contributed by atoms with Gasteiger partial charge in [-0.15, -0.1) is 11.3 Å². The van der Waals surface area contributed by atoms with Crippen LogP contribution in [-0.4, -0.2) is 18.2 Å². The van der Waals surface area contributed by atoms with Crippen LogP contribution in [0.1, 0.15) is 43.2 Å². The molecule has 3 rings (SSSR count). The Morgan fingerprint density at radius 2 is 1.91 bits per heavy atom. The Balaban J connectivity index is 1.86. The number of aromatic nitrogens is 1. The van der Waals surface area contributed by atoms with Crippen molar-refractivity contribution in [1.82, 2.24) is 4.98 Å². The number of pyridine rings is 1. The average molecular weight is 317 g/mol. The Hall–Kier alpha value is -1.55. The average Bonchev–Trinajstić information content (AvgIpc) is 2.91. The first-order valence-electron chi connectivity index (χ1n) is 8.14. The van der Waals surface area contributed by atoms with Gasteiger partial charge < -0.3 is 9.47 Å². The first-order valence-corrected chi connectivity index (χ1v) is 8.95. The fraction of sp³-hybridized carbons (Fsp3) is 0.500. The molecule has 0 amide bonds. The van der Waals surface area contributed by atoms with E-state index in [0.29, 0.717) is 13.2 Å². The molecular weight excluding hydrogens is 294 g/mol. The smallest absolute Gasteiger partial charge is 0.180 e. The molecule has 0 saturated carbocycles. The zero-order chi connectivity index (χ0) is 15.4. The molecule has 0 atom stereocenters. The van der Waals surface area contributed by atoms with Gasteiger partial charge in [-0.1, -0.05) is 32.3 Å². The number of hydrogen-bond donors (Lipinski definition) is 0. The first-order chi connectivity index (χ1) is 10.8. The van der Waals surface area contributed by atoms with Gasteiger partial charge in [-0.05, 0) is 25.8 Å². The van der Waals surface area contributed by atoms with Crippen LogP contribution < -0.4 is 9.47 Å². The van der Waals surface area contributed by atoms with Crippen molar-refractivity contribution in [3.8, 4) is 21.9 Å². The number of nitrogens with zero attached hydrogens (tertiary/aromatic N) is 1. The number of ether oxygens (including phenoxy) is 2. The maximum atomic E-state index is 5.91. The molecule has 2 aromatic heterocycles. The van der Waals surface area contributed by atoms with Gasteiger partial charge in [0.2, 0.25) is 0 Å². The maximum Gasteiger partial charge on any atom is 0.180 e. The minimum absolute atomic E-state index is 0.630. The topological polar surface area (TPSA) is 31.4 Å². The lowest BCUT2D eigenvalue weighted by atomic mass is 10.1. The van der Waals surface area contributed by atoms with Crippen LogP contribution in [0.15, 0.2) is 18.3 Å². The van der Waals surface area contributed by atoms with E-state index in [4.69, 9.17) is 9.47 Å². The van der Waals surface area contributed by atoms with Gasteiger partial charge >= 0.3 is 0 Å². The minimum Gasteiger partial charge on any atom is -0.485 e. The van der Waals surface area contributed by atoms with Crippen molar-refractivity contribution in [3.05, 3.63) is 28.9 Å². The summed E-state index contributed by atoms with van der Waals surface area (Å²) in [5, 5.41) is 0. The van der Waals surface area contributed by atoms with Crippen molar-refractivity contribution in [1.29, 1.82) is 0 Å². The summed E-state index contributed by atoms with van der Waals surface area (Å²) < 4.78 is 11.8. The van der Waals surface area contributed by atoms with Crippen LogP contribution in [0.5, 0.6) is 11.5 Å². The maximum absolute atomic E-state index is 5.91. The highest BCUT2D eigenvalue weighted by atomic mass is 32.1. The van der Waals surface area contributed by atoms with Gasteiger partial charge in [-0.3, -0.25) is 4.98 Å². The van der Waals surface area contributed by atoms with Crippen LogP contribution in [-0.2, 0) is 6.42 Å². The van der Waals surface area contributed by atoms with Crippen LogP contribution >= 0.6 is 11.3 Å². The van der Waals surface area contributed by atoms with Crippen molar-refractivity contribution < 1.29 is 9.47 Å².